The summed E-state index contributed by atoms with van der Waals surface area (Å²) in [5, 5.41) is 0. The molecule has 0 saturated carbocycles. The number of allylic oxidation sites excluding steroid dienone is 1. The summed E-state index contributed by atoms with van der Waals surface area (Å²) >= 11 is 0. The second kappa shape index (κ2) is 6.24. The quantitative estimate of drug-likeness (QED) is 0.377. The first kappa shape index (κ1) is 11.7. The van der Waals surface area contributed by atoms with Gasteiger partial charge in [0.2, 0.25) is 0 Å². The van der Waals surface area contributed by atoms with Gasteiger partial charge < -0.3 is 9.58 Å². The molecule has 0 fully saturated rings. The molecule has 2 unspecified atom stereocenters. The molecule has 72 valence electrons. The molecule has 3 nitrogen and oxygen atoms in total. The number of esters is 1. The van der Waals surface area contributed by atoms with E-state index in [0.29, 0.717) is 6.61 Å². The van der Waals surface area contributed by atoms with Gasteiger partial charge in [0.1, 0.15) is 0 Å². The van der Waals surface area contributed by atoms with Gasteiger partial charge in [-0.15, -0.1) is 0 Å². The number of carbonyl (C=O) groups excluding carboxylic acids is 1. The summed E-state index contributed by atoms with van der Waals surface area (Å²) in [6.45, 7) is 12.6. The molecule has 0 aliphatic heterocycles. The highest BCUT2D eigenvalue weighted by atomic mass is 16.5. The number of hydrogen-bond acceptors (Lipinski definition) is 2. The number of ether oxygens (including phenoxy) is 1. The topological polar surface area (TPSA) is 30.7 Å². The molecule has 0 aromatic carbocycles. The van der Waals surface area contributed by atoms with Crippen LogP contribution >= 0.6 is 0 Å². The maximum Gasteiger partial charge on any atom is 0.390 e. The summed E-state index contributed by atoms with van der Waals surface area (Å²) in [6.07, 6.45) is 3.67. The van der Waals surface area contributed by atoms with Crippen molar-refractivity contribution >= 4 is 5.97 Å². The Morgan fingerprint density at radius 3 is 2.69 bits per heavy atom. The first-order valence-corrected chi connectivity index (χ1v) is 4.33. The molecule has 13 heavy (non-hydrogen) atoms. The van der Waals surface area contributed by atoms with Crippen LogP contribution in [0.1, 0.15) is 20.8 Å². The Hall–Kier alpha value is -1.30. The van der Waals surface area contributed by atoms with Gasteiger partial charge in [-0.3, -0.25) is 0 Å². The van der Waals surface area contributed by atoms with E-state index in [0.717, 1.165) is 0 Å². The summed E-state index contributed by atoms with van der Waals surface area (Å²) in [4.78, 5) is 14.5. The summed E-state index contributed by atoms with van der Waals surface area (Å²) in [7, 11) is 0. The Bertz CT molecular complexity index is 228. The lowest BCUT2D eigenvalue weighted by atomic mass is 10.0. The van der Waals surface area contributed by atoms with Crippen molar-refractivity contribution < 1.29 is 9.53 Å². The van der Waals surface area contributed by atoms with Crippen molar-refractivity contribution in [1.29, 1.82) is 0 Å². The van der Waals surface area contributed by atoms with Gasteiger partial charge in [-0.05, 0) is 13.8 Å². The van der Waals surface area contributed by atoms with E-state index in [9.17, 15) is 4.79 Å². The monoisotopic (exact) mass is 181 g/mol. The lowest BCUT2D eigenvalue weighted by Gasteiger charge is -2.08. The third-order valence-electron chi connectivity index (χ3n) is 1.66. The number of nitrogens with zero attached hydrogens (tertiary/aromatic N) is 1. The van der Waals surface area contributed by atoms with Crippen LogP contribution in [-0.4, -0.2) is 18.6 Å². The van der Waals surface area contributed by atoms with Crippen LogP contribution in [0.25, 0.3) is 4.85 Å². The molecule has 0 N–H and O–H groups in total. The van der Waals surface area contributed by atoms with E-state index in [1.165, 1.54) is 0 Å². The third kappa shape index (κ3) is 3.75. The van der Waals surface area contributed by atoms with Crippen LogP contribution in [0.3, 0.4) is 0 Å². The average Bonchev–Trinajstić information content (AvgIpc) is 2.06. The fourth-order valence-electron chi connectivity index (χ4n) is 1.02. The van der Waals surface area contributed by atoms with E-state index < -0.39 is 12.0 Å². The Balaban J connectivity index is 4.34. The zero-order valence-corrected chi connectivity index (χ0v) is 8.28. The minimum absolute atomic E-state index is 0.0819. The second-order valence-electron chi connectivity index (χ2n) is 2.71. The van der Waals surface area contributed by atoms with Crippen LogP contribution in [0, 0.1) is 12.5 Å². The molecule has 0 aliphatic carbocycles. The van der Waals surface area contributed by atoms with E-state index in [2.05, 4.69) is 4.85 Å². The van der Waals surface area contributed by atoms with E-state index in [-0.39, 0.29) is 5.92 Å². The Labute approximate surface area is 79.2 Å². The molecule has 0 aromatic rings. The summed E-state index contributed by atoms with van der Waals surface area (Å²) < 4.78 is 4.78. The highest BCUT2D eigenvalue weighted by molar-refractivity contribution is 5.78. The van der Waals surface area contributed by atoms with Crippen molar-refractivity contribution in [1.82, 2.24) is 0 Å². The van der Waals surface area contributed by atoms with E-state index in [1.54, 1.807) is 6.92 Å². The minimum atomic E-state index is -0.698. The summed E-state index contributed by atoms with van der Waals surface area (Å²) in [5.74, 6) is -0.510. The standard InChI is InChI=1S/C10H15NO2/c1-5-7-8(3)9(11-4)10(12)13-6-2/h5,7-9H,6H2,1-3H3/b7-5+. The van der Waals surface area contributed by atoms with Crippen molar-refractivity contribution in [2.45, 2.75) is 26.8 Å². The molecule has 0 aliphatic rings. The fraction of sp³-hybridized carbons (Fsp3) is 0.600. The summed E-state index contributed by atoms with van der Waals surface area (Å²) in [5.41, 5.74) is 0. The van der Waals surface area contributed by atoms with Gasteiger partial charge in [-0.2, -0.15) is 0 Å². The maximum atomic E-state index is 11.2. The zero-order chi connectivity index (χ0) is 10.3. The van der Waals surface area contributed by atoms with Crippen molar-refractivity contribution in [3.05, 3.63) is 23.6 Å². The predicted octanol–water partition coefficient (Wildman–Crippen LogP) is 2.05. The smallest absolute Gasteiger partial charge is 0.390 e. The van der Waals surface area contributed by atoms with Crippen molar-refractivity contribution in [3.8, 4) is 0 Å². The van der Waals surface area contributed by atoms with E-state index >= 15 is 0 Å². The van der Waals surface area contributed by atoms with Crippen molar-refractivity contribution in [2.75, 3.05) is 6.61 Å². The van der Waals surface area contributed by atoms with E-state index in [4.69, 9.17) is 11.3 Å². The SMILES string of the molecule is [C-]#[N+]C(C(=O)OCC)C(C)/C=C/C. The first-order chi connectivity index (χ1) is 6.17. The van der Waals surface area contributed by atoms with Gasteiger partial charge in [0, 0.05) is 0 Å². The van der Waals surface area contributed by atoms with Crippen LogP contribution in [-0.2, 0) is 9.53 Å². The fourth-order valence-corrected chi connectivity index (χ4v) is 1.02. The number of rotatable bonds is 4. The molecular weight excluding hydrogens is 166 g/mol. The molecule has 0 aromatic heterocycles. The number of hydrogen-bond donors (Lipinski definition) is 0. The zero-order valence-electron chi connectivity index (χ0n) is 8.28. The molecule has 2 atom stereocenters. The molecule has 0 spiro atoms. The third-order valence-corrected chi connectivity index (χ3v) is 1.66. The average molecular weight is 181 g/mol. The van der Waals surface area contributed by atoms with Crippen molar-refractivity contribution in [2.24, 2.45) is 5.92 Å². The first-order valence-electron chi connectivity index (χ1n) is 4.33. The summed E-state index contributed by atoms with van der Waals surface area (Å²) in [6, 6.07) is -0.698. The van der Waals surface area contributed by atoms with Gasteiger partial charge in [0.05, 0.1) is 12.5 Å². The van der Waals surface area contributed by atoms with E-state index in [1.807, 2.05) is 26.0 Å². The molecule has 3 heteroatoms. The molecule has 0 bridgehead atoms. The van der Waals surface area contributed by atoms with Crippen LogP contribution in [0.2, 0.25) is 0 Å². The van der Waals surface area contributed by atoms with Gasteiger partial charge in [0.25, 0.3) is 0 Å². The molecule has 0 saturated heterocycles. The van der Waals surface area contributed by atoms with Crippen LogP contribution in [0.5, 0.6) is 0 Å². The second-order valence-corrected chi connectivity index (χ2v) is 2.71. The largest absolute Gasteiger partial charge is 0.460 e. The molecule has 0 amide bonds. The highest BCUT2D eigenvalue weighted by Crippen LogP contribution is 2.10. The van der Waals surface area contributed by atoms with Crippen LogP contribution < -0.4 is 0 Å². The normalized spacial score (nSPS) is 14.9. The molecule has 0 radical (unpaired) electrons. The lowest BCUT2D eigenvalue weighted by molar-refractivity contribution is -0.144. The Morgan fingerprint density at radius 2 is 2.31 bits per heavy atom. The number of carbonyl (C=O) groups is 1. The van der Waals surface area contributed by atoms with Gasteiger partial charge >= 0.3 is 12.0 Å². The van der Waals surface area contributed by atoms with Gasteiger partial charge in [0.15, 0.2) is 0 Å². The molecule has 0 heterocycles. The molecule has 0 rings (SSSR count). The Morgan fingerprint density at radius 1 is 1.69 bits per heavy atom. The lowest BCUT2D eigenvalue weighted by Crippen LogP contribution is -2.25. The minimum Gasteiger partial charge on any atom is -0.460 e. The van der Waals surface area contributed by atoms with Crippen molar-refractivity contribution in [3.63, 3.8) is 0 Å². The Kier molecular flexibility index (Phi) is 5.62. The highest BCUT2D eigenvalue weighted by Gasteiger charge is 2.29. The van der Waals surface area contributed by atoms with Crippen LogP contribution in [0.4, 0.5) is 0 Å². The molecular formula is C10H15NO2. The van der Waals surface area contributed by atoms with Gasteiger partial charge in [-0.25, -0.2) is 11.4 Å². The van der Waals surface area contributed by atoms with Crippen LogP contribution in [0.15, 0.2) is 12.2 Å². The van der Waals surface area contributed by atoms with Gasteiger partial charge in [-0.1, -0.05) is 19.1 Å². The maximum absolute atomic E-state index is 11.2. The predicted molar refractivity (Wildman–Crippen MR) is 51.0 cm³/mol.